The third kappa shape index (κ3) is 6.00. The minimum atomic E-state index is -0.991. The first kappa shape index (κ1) is 19.7. The van der Waals surface area contributed by atoms with Gasteiger partial charge < -0.3 is 4.74 Å². The van der Waals surface area contributed by atoms with Crippen LogP contribution in [-0.2, 0) is 27.8 Å². The van der Waals surface area contributed by atoms with Gasteiger partial charge in [-0.2, -0.15) is 0 Å². The number of benzene rings is 2. The van der Waals surface area contributed by atoms with E-state index in [0.29, 0.717) is 17.1 Å². The van der Waals surface area contributed by atoms with Crippen molar-refractivity contribution in [3.63, 3.8) is 0 Å². The normalized spacial score (nSPS) is 11.5. The highest BCUT2D eigenvalue weighted by Gasteiger charge is 2.10. The van der Waals surface area contributed by atoms with Crippen LogP contribution in [0.3, 0.4) is 0 Å². The van der Waals surface area contributed by atoms with E-state index in [0.717, 1.165) is 17.5 Å². The van der Waals surface area contributed by atoms with Gasteiger partial charge in [-0.1, -0.05) is 37.3 Å². The summed E-state index contributed by atoms with van der Waals surface area (Å²) in [4.78, 5) is 24.0. The van der Waals surface area contributed by atoms with E-state index >= 15 is 0 Å². The van der Waals surface area contributed by atoms with Gasteiger partial charge in [0.05, 0.1) is 0 Å². The third-order valence-electron chi connectivity index (χ3n) is 3.59. The van der Waals surface area contributed by atoms with Gasteiger partial charge in [-0.15, -0.1) is 0 Å². The Balaban J connectivity index is 1.85. The van der Waals surface area contributed by atoms with Crippen molar-refractivity contribution >= 4 is 22.6 Å². The Morgan fingerprint density at radius 2 is 1.85 bits per heavy atom. The Labute approximate surface area is 155 Å². The maximum absolute atomic E-state index is 12.1. The molecule has 1 atom stereocenters. The predicted octanol–water partition coefficient (Wildman–Crippen LogP) is 1.97. The molecule has 138 valence electrons. The van der Waals surface area contributed by atoms with Crippen LogP contribution in [0.1, 0.15) is 28.4 Å². The summed E-state index contributed by atoms with van der Waals surface area (Å²) in [6.45, 7) is 1.80. The van der Waals surface area contributed by atoms with Crippen LogP contribution in [0.2, 0.25) is 0 Å². The van der Waals surface area contributed by atoms with Gasteiger partial charge in [-0.05, 0) is 35.7 Å². The lowest BCUT2D eigenvalue weighted by molar-refractivity contribution is -0.123. The zero-order valence-corrected chi connectivity index (χ0v) is 15.6. The summed E-state index contributed by atoms with van der Waals surface area (Å²) in [7, 11) is -0.991. The Morgan fingerprint density at radius 3 is 2.58 bits per heavy atom. The standard InChI is InChI=1S/C19H22N2O4S/c1-3-15-8-4-5-10-17(15)25-12-18(22)20-21-19(23)16-9-6-7-14(11-16)13-26(2)24/h4-11H,3,12-13H2,1-2H3,(H,20,22)(H,21,23). The molecule has 0 fully saturated rings. The molecule has 26 heavy (non-hydrogen) atoms. The van der Waals surface area contributed by atoms with Crippen LogP contribution >= 0.6 is 0 Å². The summed E-state index contributed by atoms with van der Waals surface area (Å²) in [5.41, 5.74) is 6.86. The first-order valence-electron chi connectivity index (χ1n) is 8.18. The van der Waals surface area contributed by atoms with Crippen molar-refractivity contribution in [2.24, 2.45) is 0 Å². The third-order valence-corrected chi connectivity index (χ3v) is 4.33. The molecule has 7 heteroatoms. The molecule has 0 saturated carbocycles. The molecule has 0 radical (unpaired) electrons. The Hall–Kier alpha value is -2.67. The molecule has 0 heterocycles. The second-order valence-corrected chi connectivity index (χ2v) is 7.11. The summed E-state index contributed by atoms with van der Waals surface area (Å²) in [6.07, 6.45) is 2.40. The number of hydrogen-bond donors (Lipinski definition) is 2. The summed E-state index contributed by atoms with van der Waals surface area (Å²) in [5, 5.41) is 0. The second kappa shape index (κ2) is 9.72. The summed E-state index contributed by atoms with van der Waals surface area (Å²) in [6, 6.07) is 14.3. The summed E-state index contributed by atoms with van der Waals surface area (Å²) >= 11 is 0. The number of hydrogen-bond acceptors (Lipinski definition) is 4. The van der Waals surface area contributed by atoms with Gasteiger partial charge >= 0.3 is 0 Å². The smallest absolute Gasteiger partial charge is 0.276 e. The van der Waals surface area contributed by atoms with E-state index in [1.165, 1.54) is 0 Å². The van der Waals surface area contributed by atoms with Crippen LogP contribution in [0.15, 0.2) is 48.5 Å². The number of para-hydroxylation sites is 1. The number of aryl methyl sites for hydroxylation is 1. The fraction of sp³-hybridized carbons (Fsp3) is 0.263. The lowest BCUT2D eigenvalue weighted by atomic mass is 10.1. The Morgan fingerprint density at radius 1 is 1.08 bits per heavy atom. The van der Waals surface area contributed by atoms with E-state index < -0.39 is 22.6 Å². The van der Waals surface area contributed by atoms with Gasteiger partial charge in [-0.25, -0.2) is 0 Å². The maximum atomic E-state index is 12.1. The predicted molar refractivity (Wildman–Crippen MR) is 101 cm³/mol. The number of nitrogens with one attached hydrogen (secondary N) is 2. The van der Waals surface area contributed by atoms with Crippen molar-refractivity contribution in [2.75, 3.05) is 12.9 Å². The number of rotatable bonds is 7. The number of ether oxygens (including phenoxy) is 1. The van der Waals surface area contributed by atoms with E-state index in [9.17, 15) is 13.8 Å². The van der Waals surface area contributed by atoms with E-state index in [1.54, 1.807) is 36.6 Å². The first-order valence-corrected chi connectivity index (χ1v) is 9.91. The SMILES string of the molecule is CCc1ccccc1OCC(=O)NNC(=O)c1cccc(CS(C)=O)c1. The zero-order chi connectivity index (χ0) is 18.9. The van der Waals surface area contributed by atoms with Crippen LogP contribution in [0, 0.1) is 0 Å². The van der Waals surface area contributed by atoms with Crippen molar-refractivity contribution in [1.29, 1.82) is 0 Å². The van der Waals surface area contributed by atoms with Crippen molar-refractivity contribution < 1.29 is 18.5 Å². The molecule has 1 unspecified atom stereocenters. The van der Waals surface area contributed by atoms with Crippen LogP contribution in [0.5, 0.6) is 5.75 Å². The monoisotopic (exact) mass is 374 g/mol. The molecule has 2 aromatic rings. The molecular formula is C19H22N2O4S. The minimum absolute atomic E-state index is 0.202. The van der Waals surface area contributed by atoms with Gasteiger partial charge in [-0.3, -0.25) is 24.6 Å². The zero-order valence-electron chi connectivity index (χ0n) is 14.8. The van der Waals surface area contributed by atoms with Crippen molar-refractivity contribution in [1.82, 2.24) is 10.9 Å². The Kier molecular flexibility index (Phi) is 7.35. The highest BCUT2D eigenvalue weighted by atomic mass is 32.2. The fourth-order valence-electron chi connectivity index (χ4n) is 2.35. The van der Waals surface area contributed by atoms with Crippen LogP contribution in [0.4, 0.5) is 0 Å². The van der Waals surface area contributed by atoms with E-state index in [1.807, 2.05) is 25.1 Å². The Bertz CT molecular complexity index is 808. The highest BCUT2D eigenvalue weighted by molar-refractivity contribution is 7.83. The molecule has 0 aliphatic heterocycles. The van der Waals surface area contributed by atoms with Crippen LogP contribution < -0.4 is 15.6 Å². The first-order chi connectivity index (χ1) is 12.5. The number of hydrazine groups is 1. The van der Waals surface area contributed by atoms with Gasteiger partial charge in [0.2, 0.25) is 0 Å². The van der Waals surface area contributed by atoms with Crippen molar-refractivity contribution in [3.8, 4) is 5.75 Å². The molecule has 2 rings (SSSR count). The van der Waals surface area contributed by atoms with Gasteiger partial charge in [0, 0.05) is 28.4 Å². The van der Waals surface area contributed by atoms with E-state index in [4.69, 9.17) is 4.74 Å². The second-order valence-electron chi connectivity index (χ2n) is 5.67. The largest absolute Gasteiger partial charge is 0.483 e. The van der Waals surface area contributed by atoms with Crippen LogP contribution in [0.25, 0.3) is 0 Å². The fourth-order valence-corrected chi connectivity index (χ4v) is 3.00. The van der Waals surface area contributed by atoms with Crippen LogP contribution in [-0.4, -0.2) is 28.9 Å². The molecule has 2 N–H and O–H groups in total. The van der Waals surface area contributed by atoms with E-state index in [2.05, 4.69) is 10.9 Å². The lowest BCUT2D eigenvalue weighted by Gasteiger charge is -2.11. The quantitative estimate of drug-likeness (QED) is 0.726. The topological polar surface area (TPSA) is 84.5 Å². The average Bonchev–Trinajstić information content (AvgIpc) is 2.64. The van der Waals surface area contributed by atoms with E-state index in [-0.39, 0.29) is 6.61 Å². The molecule has 0 aliphatic rings. The van der Waals surface area contributed by atoms with Gasteiger partial charge in [0.15, 0.2) is 6.61 Å². The molecule has 2 aromatic carbocycles. The molecule has 0 saturated heterocycles. The molecule has 0 spiro atoms. The number of amides is 2. The summed E-state index contributed by atoms with van der Waals surface area (Å²) in [5.74, 6) is 0.112. The molecule has 2 amide bonds. The lowest BCUT2D eigenvalue weighted by Crippen LogP contribution is -2.43. The summed E-state index contributed by atoms with van der Waals surface area (Å²) < 4.78 is 16.8. The molecule has 0 aromatic heterocycles. The van der Waals surface area contributed by atoms with Gasteiger partial charge in [0.25, 0.3) is 11.8 Å². The van der Waals surface area contributed by atoms with Crippen molar-refractivity contribution in [2.45, 2.75) is 19.1 Å². The number of carbonyl (C=O) groups is 2. The highest BCUT2D eigenvalue weighted by Crippen LogP contribution is 2.17. The molecule has 0 bridgehead atoms. The molecule has 6 nitrogen and oxygen atoms in total. The molecular weight excluding hydrogens is 352 g/mol. The van der Waals surface area contributed by atoms with Crippen molar-refractivity contribution in [3.05, 3.63) is 65.2 Å². The minimum Gasteiger partial charge on any atom is -0.483 e. The average molecular weight is 374 g/mol. The maximum Gasteiger partial charge on any atom is 0.276 e. The van der Waals surface area contributed by atoms with Gasteiger partial charge in [0.1, 0.15) is 5.75 Å². The number of carbonyl (C=O) groups excluding carboxylic acids is 2. The molecule has 0 aliphatic carbocycles.